The molecule has 0 atom stereocenters. The van der Waals surface area contributed by atoms with E-state index in [4.69, 9.17) is 10.5 Å². The minimum atomic E-state index is -0.443. The normalized spacial score (nSPS) is 16.6. The molecular weight excluding hydrogens is 258 g/mol. The number of nitrogens with two attached hydrogens (primary N) is 1. The van der Waals surface area contributed by atoms with Crippen LogP contribution in [-0.2, 0) is 0 Å². The second-order valence-electron chi connectivity index (χ2n) is 5.08. The van der Waals surface area contributed by atoms with Gasteiger partial charge in [-0.25, -0.2) is 0 Å². The fourth-order valence-electron chi connectivity index (χ4n) is 2.41. The molecule has 1 heterocycles. The van der Waals surface area contributed by atoms with E-state index >= 15 is 0 Å². The minimum absolute atomic E-state index is 0.00368. The largest absolute Gasteiger partial charge is 0.490 e. The van der Waals surface area contributed by atoms with Gasteiger partial charge in [0.1, 0.15) is 12.4 Å². The Morgan fingerprint density at radius 1 is 1.25 bits per heavy atom. The number of nitrogen functional groups attached to an aromatic ring is 1. The van der Waals surface area contributed by atoms with E-state index in [0.29, 0.717) is 18.0 Å². The molecule has 2 N–H and O–H groups in total. The number of hydrogen-bond donors (Lipinski definition) is 1. The lowest BCUT2D eigenvalue weighted by Gasteiger charge is -2.19. The van der Waals surface area contributed by atoms with Crippen LogP contribution < -0.4 is 10.5 Å². The van der Waals surface area contributed by atoms with E-state index in [1.54, 1.807) is 0 Å². The van der Waals surface area contributed by atoms with Gasteiger partial charge in [0.2, 0.25) is 0 Å². The van der Waals surface area contributed by atoms with Gasteiger partial charge in [0.25, 0.3) is 5.69 Å². The molecule has 1 aromatic rings. The van der Waals surface area contributed by atoms with Crippen LogP contribution in [0.2, 0.25) is 0 Å². The molecule has 6 nitrogen and oxygen atoms in total. The number of nitrogens with zero attached hydrogens (tertiary/aromatic N) is 2. The minimum Gasteiger partial charge on any atom is -0.490 e. The summed E-state index contributed by atoms with van der Waals surface area (Å²) in [6, 6.07) is 4.29. The molecule has 0 spiro atoms. The molecule has 6 heteroatoms. The molecule has 0 aliphatic carbocycles. The van der Waals surface area contributed by atoms with Crippen LogP contribution in [0, 0.1) is 10.1 Å². The quantitative estimate of drug-likeness (QED) is 0.508. The molecular formula is C14H21N3O3. The number of rotatable bonds is 5. The Kier molecular flexibility index (Phi) is 5.17. The van der Waals surface area contributed by atoms with E-state index < -0.39 is 4.92 Å². The van der Waals surface area contributed by atoms with Gasteiger partial charge in [0, 0.05) is 12.6 Å². The van der Waals surface area contributed by atoms with Crippen molar-refractivity contribution in [3.63, 3.8) is 0 Å². The van der Waals surface area contributed by atoms with Crippen molar-refractivity contribution in [2.24, 2.45) is 0 Å². The van der Waals surface area contributed by atoms with Crippen molar-refractivity contribution >= 4 is 11.4 Å². The Bertz CT molecular complexity index is 457. The van der Waals surface area contributed by atoms with Gasteiger partial charge in [-0.15, -0.1) is 0 Å². The number of nitro groups is 1. The molecule has 0 saturated carbocycles. The molecule has 1 aromatic carbocycles. The molecule has 1 aliphatic rings. The van der Waals surface area contributed by atoms with Crippen molar-refractivity contribution in [1.82, 2.24) is 4.90 Å². The second kappa shape index (κ2) is 7.09. The topological polar surface area (TPSA) is 81.6 Å². The van der Waals surface area contributed by atoms with E-state index in [9.17, 15) is 10.1 Å². The van der Waals surface area contributed by atoms with Crippen LogP contribution in [0.25, 0.3) is 0 Å². The van der Waals surface area contributed by atoms with E-state index in [-0.39, 0.29) is 5.69 Å². The zero-order chi connectivity index (χ0) is 14.4. The molecule has 0 amide bonds. The predicted octanol–water partition coefficient (Wildman–Crippen LogP) is 2.43. The molecule has 0 aromatic heterocycles. The molecule has 1 saturated heterocycles. The molecule has 1 fully saturated rings. The number of non-ortho nitro benzene ring substituents is 1. The van der Waals surface area contributed by atoms with Crippen LogP contribution in [-0.4, -0.2) is 36.1 Å². The standard InChI is InChI=1S/C14H21N3O3/c15-13-6-5-12(17(18)19)11-14(13)20-10-9-16-7-3-1-2-4-8-16/h5-6,11H,1-4,7-10,15H2. The Labute approximate surface area is 118 Å². The third kappa shape index (κ3) is 4.09. The zero-order valence-electron chi connectivity index (χ0n) is 11.6. The van der Waals surface area contributed by atoms with Gasteiger partial charge in [-0.05, 0) is 32.0 Å². The number of hydrogen-bond acceptors (Lipinski definition) is 5. The monoisotopic (exact) mass is 279 g/mol. The molecule has 20 heavy (non-hydrogen) atoms. The summed E-state index contributed by atoms with van der Waals surface area (Å²) in [7, 11) is 0. The lowest BCUT2D eigenvalue weighted by Crippen LogP contribution is -2.29. The first-order valence-electron chi connectivity index (χ1n) is 7.06. The summed E-state index contributed by atoms with van der Waals surface area (Å²) in [5.41, 5.74) is 6.21. The molecule has 0 bridgehead atoms. The van der Waals surface area contributed by atoms with Crippen LogP contribution in [0.15, 0.2) is 18.2 Å². The first-order chi connectivity index (χ1) is 9.66. The van der Waals surface area contributed by atoms with Gasteiger partial charge < -0.3 is 10.5 Å². The lowest BCUT2D eigenvalue weighted by molar-refractivity contribution is -0.384. The number of anilines is 1. The van der Waals surface area contributed by atoms with Crippen LogP contribution in [0.4, 0.5) is 11.4 Å². The van der Waals surface area contributed by atoms with Crippen LogP contribution >= 0.6 is 0 Å². The maximum Gasteiger partial charge on any atom is 0.273 e. The summed E-state index contributed by atoms with van der Waals surface area (Å²) in [5.74, 6) is 0.397. The number of ether oxygens (including phenoxy) is 1. The van der Waals surface area contributed by atoms with E-state index in [2.05, 4.69) is 4.90 Å². The summed E-state index contributed by atoms with van der Waals surface area (Å²) < 4.78 is 5.60. The van der Waals surface area contributed by atoms with Crippen molar-refractivity contribution < 1.29 is 9.66 Å². The SMILES string of the molecule is Nc1ccc([N+](=O)[O-])cc1OCCN1CCCCCC1. The van der Waals surface area contributed by atoms with E-state index in [0.717, 1.165) is 19.6 Å². The second-order valence-corrected chi connectivity index (χ2v) is 5.08. The number of benzene rings is 1. The lowest BCUT2D eigenvalue weighted by atomic mass is 10.2. The van der Waals surface area contributed by atoms with E-state index in [1.807, 2.05) is 0 Å². The van der Waals surface area contributed by atoms with E-state index in [1.165, 1.54) is 43.9 Å². The predicted molar refractivity (Wildman–Crippen MR) is 77.9 cm³/mol. The van der Waals surface area contributed by atoms with Gasteiger partial charge in [-0.2, -0.15) is 0 Å². The third-order valence-corrected chi connectivity index (χ3v) is 3.57. The number of nitro benzene ring substituents is 1. The van der Waals surface area contributed by atoms with Gasteiger partial charge in [0.15, 0.2) is 0 Å². The molecule has 110 valence electrons. The molecule has 1 aliphatic heterocycles. The summed E-state index contributed by atoms with van der Waals surface area (Å²) in [4.78, 5) is 12.7. The summed E-state index contributed by atoms with van der Waals surface area (Å²) in [6.07, 6.45) is 5.07. The molecule has 0 unspecified atom stereocenters. The highest BCUT2D eigenvalue weighted by Crippen LogP contribution is 2.26. The molecule has 0 radical (unpaired) electrons. The smallest absolute Gasteiger partial charge is 0.273 e. The van der Waals surface area contributed by atoms with Gasteiger partial charge in [-0.1, -0.05) is 12.8 Å². The summed E-state index contributed by atoms with van der Waals surface area (Å²) in [5, 5.41) is 10.7. The fraction of sp³-hybridized carbons (Fsp3) is 0.571. The van der Waals surface area contributed by atoms with Crippen molar-refractivity contribution in [3.05, 3.63) is 28.3 Å². The first kappa shape index (κ1) is 14.6. The maximum absolute atomic E-state index is 10.7. The Morgan fingerprint density at radius 3 is 2.60 bits per heavy atom. The highest BCUT2D eigenvalue weighted by Gasteiger charge is 2.12. The highest BCUT2D eigenvalue weighted by atomic mass is 16.6. The van der Waals surface area contributed by atoms with Crippen molar-refractivity contribution in [2.75, 3.05) is 32.0 Å². The average molecular weight is 279 g/mol. The van der Waals surface area contributed by atoms with Crippen LogP contribution in [0.5, 0.6) is 5.75 Å². The van der Waals surface area contributed by atoms with Crippen molar-refractivity contribution in [3.8, 4) is 5.75 Å². The summed E-state index contributed by atoms with van der Waals surface area (Å²) in [6.45, 7) is 3.55. The first-order valence-corrected chi connectivity index (χ1v) is 7.06. The van der Waals surface area contributed by atoms with Crippen LogP contribution in [0.3, 0.4) is 0 Å². The van der Waals surface area contributed by atoms with Gasteiger partial charge in [-0.3, -0.25) is 15.0 Å². The van der Waals surface area contributed by atoms with Gasteiger partial charge >= 0.3 is 0 Å². The summed E-state index contributed by atoms with van der Waals surface area (Å²) >= 11 is 0. The Morgan fingerprint density at radius 2 is 1.95 bits per heavy atom. The number of likely N-dealkylation sites (tertiary alicyclic amines) is 1. The zero-order valence-corrected chi connectivity index (χ0v) is 11.6. The third-order valence-electron chi connectivity index (χ3n) is 3.57. The van der Waals surface area contributed by atoms with Gasteiger partial charge in [0.05, 0.1) is 16.7 Å². The fourth-order valence-corrected chi connectivity index (χ4v) is 2.41. The molecule has 2 rings (SSSR count). The highest BCUT2D eigenvalue weighted by molar-refractivity contribution is 5.57. The van der Waals surface area contributed by atoms with Crippen LogP contribution in [0.1, 0.15) is 25.7 Å². The Balaban J connectivity index is 1.86. The van der Waals surface area contributed by atoms with Crippen molar-refractivity contribution in [2.45, 2.75) is 25.7 Å². The van der Waals surface area contributed by atoms with Crippen molar-refractivity contribution in [1.29, 1.82) is 0 Å². The average Bonchev–Trinajstić information content (AvgIpc) is 2.69. The Hall–Kier alpha value is -1.82. The maximum atomic E-state index is 10.7.